The lowest BCUT2D eigenvalue weighted by molar-refractivity contribution is -0.194. The minimum atomic E-state index is -0.886. The molecular formula is C45H80N6O6. The van der Waals surface area contributed by atoms with Gasteiger partial charge in [0.15, 0.2) is 11.7 Å². The van der Waals surface area contributed by atoms with Crippen LogP contribution in [0, 0.1) is 5.92 Å². The number of guanidine groups is 1. The minimum absolute atomic E-state index is 0.0307. The van der Waals surface area contributed by atoms with Crippen molar-refractivity contribution in [2.24, 2.45) is 22.4 Å². The van der Waals surface area contributed by atoms with E-state index in [0.717, 1.165) is 95.9 Å². The molecule has 3 fully saturated rings. The maximum Gasteiger partial charge on any atom is 0.316 e. The second-order valence-corrected chi connectivity index (χ2v) is 17.9. The van der Waals surface area contributed by atoms with Crippen LogP contribution in [0.15, 0.2) is 17.1 Å². The molecule has 5 heterocycles. The highest BCUT2D eigenvalue weighted by molar-refractivity contribution is 5.87. The molecule has 57 heavy (non-hydrogen) atoms. The Labute approximate surface area is 344 Å². The first-order valence-corrected chi connectivity index (χ1v) is 23.4. The number of carbonyl (C=O) groups is 2. The Morgan fingerprint density at radius 3 is 2.33 bits per heavy atom. The molecule has 5 rings (SSSR count). The number of rotatable bonds is 25. The molecule has 6 N–H and O–H groups in total. The number of ether oxygens (including phenoxy) is 3. The van der Waals surface area contributed by atoms with Crippen LogP contribution in [0.5, 0.6) is 0 Å². The molecule has 0 radical (unpaired) electrons. The smallest absolute Gasteiger partial charge is 0.316 e. The summed E-state index contributed by atoms with van der Waals surface area (Å²) in [7, 11) is 0. The highest BCUT2D eigenvalue weighted by Gasteiger charge is 2.62. The van der Waals surface area contributed by atoms with Crippen LogP contribution in [0.4, 0.5) is 0 Å². The number of nitrogens with zero attached hydrogens (tertiary/aromatic N) is 3. The predicted molar refractivity (Wildman–Crippen MR) is 226 cm³/mol. The molecular weight excluding hydrogens is 721 g/mol. The Balaban J connectivity index is 0.943. The van der Waals surface area contributed by atoms with E-state index >= 15 is 0 Å². The third-order valence-corrected chi connectivity index (χ3v) is 13.2. The third-order valence-electron chi connectivity index (χ3n) is 13.2. The van der Waals surface area contributed by atoms with Gasteiger partial charge in [-0.15, -0.1) is 0 Å². The fraction of sp³-hybridized carbons (Fsp3) is 0.889. The van der Waals surface area contributed by atoms with Crippen LogP contribution in [-0.4, -0.2) is 107 Å². The van der Waals surface area contributed by atoms with Gasteiger partial charge in [-0.1, -0.05) is 89.7 Å². The van der Waals surface area contributed by atoms with Crippen molar-refractivity contribution in [2.75, 3.05) is 32.8 Å². The van der Waals surface area contributed by atoms with E-state index in [1.54, 1.807) is 4.90 Å². The van der Waals surface area contributed by atoms with Gasteiger partial charge >= 0.3 is 5.97 Å². The normalized spacial score (nSPS) is 29.8. The summed E-state index contributed by atoms with van der Waals surface area (Å²) in [6.45, 7) is 6.68. The maximum atomic E-state index is 14.0. The maximum absolute atomic E-state index is 14.0. The lowest BCUT2D eigenvalue weighted by Crippen LogP contribution is -2.71. The molecule has 0 aromatic carbocycles. The van der Waals surface area contributed by atoms with Crippen molar-refractivity contribution in [2.45, 2.75) is 216 Å². The van der Waals surface area contributed by atoms with Crippen molar-refractivity contribution >= 4 is 17.8 Å². The van der Waals surface area contributed by atoms with E-state index in [-0.39, 0.29) is 30.1 Å². The van der Waals surface area contributed by atoms with Crippen LogP contribution in [0.3, 0.4) is 0 Å². The Kier molecular flexibility index (Phi) is 18.9. The summed E-state index contributed by atoms with van der Waals surface area (Å²) >= 11 is 0. The third kappa shape index (κ3) is 13.1. The van der Waals surface area contributed by atoms with Crippen molar-refractivity contribution in [3.05, 3.63) is 12.2 Å². The fourth-order valence-electron chi connectivity index (χ4n) is 10.2. The highest BCUT2D eigenvalue weighted by atomic mass is 16.6. The molecule has 326 valence electrons. The number of esters is 1. The first-order chi connectivity index (χ1) is 27.7. The van der Waals surface area contributed by atoms with Crippen LogP contribution in [-0.2, 0) is 23.8 Å². The average molecular weight is 801 g/mol. The van der Waals surface area contributed by atoms with E-state index in [9.17, 15) is 14.7 Å². The molecule has 3 saturated heterocycles. The van der Waals surface area contributed by atoms with Crippen molar-refractivity contribution in [1.29, 1.82) is 0 Å². The van der Waals surface area contributed by atoms with Crippen LogP contribution >= 0.6 is 0 Å². The summed E-state index contributed by atoms with van der Waals surface area (Å²) in [4.78, 5) is 36.3. The van der Waals surface area contributed by atoms with Crippen LogP contribution < -0.4 is 16.8 Å². The zero-order valence-corrected chi connectivity index (χ0v) is 35.8. The van der Waals surface area contributed by atoms with E-state index in [0.29, 0.717) is 51.7 Å². The molecule has 1 amide bonds. The quantitative estimate of drug-likeness (QED) is 0.0438. The summed E-state index contributed by atoms with van der Waals surface area (Å²) in [6.07, 6.45) is 29.4. The van der Waals surface area contributed by atoms with Gasteiger partial charge in [0.05, 0.1) is 31.0 Å². The Morgan fingerprint density at radius 2 is 1.67 bits per heavy atom. The van der Waals surface area contributed by atoms with E-state index < -0.39 is 23.5 Å². The molecule has 0 aromatic heterocycles. The molecule has 12 heteroatoms. The number of unbranched alkanes of at least 4 members (excludes halogenated alkanes) is 12. The summed E-state index contributed by atoms with van der Waals surface area (Å²) in [5.41, 5.74) is 9.88. The predicted octanol–water partition coefficient (Wildman–Crippen LogP) is 6.82. The van der Waals surface area contributed by atoms with Crippen LogP contribution in [0.25, 0.3) is 0 Å². The number of amides is 1. The molecule has 2 spiro atoms. The minimum Gasteiger partial charge on any atom is -0.465 e. The molecule has 0 bridgehead atoms. The number of hydrogen-bond donors (Lipinski definition) is 4. The number of aliphatic hydroxyl groups is 1. The SMILES string of the molecule is CC[C@H]1C=CCC[C@@]2(C[C@@H]3CC[C@H]4[C@@H](C(=O)OCCCCCCCCCCCCCCCC(=O)N(CCCN)CC(O)CCN)[C@]5(CCC[C@@H](C)O5)N=C(N2)N34)O1. The second-order valence-electron chi connectivity index (χ2n) is 17.9. The average Bonchev–Trinajstić information content (AvgIpc) is 3.49. The summed E-state index contributed by atoms with van der Waals surface area (Å²) in [5, 5.41) is 13.9. The second kappa shape index (κ2) is 23.5. The molecule has 1 unspecified atom stereocenters. The number of aliphatic hydroxyl groups excluding tert-OH is 1. The van der Waals surface area contributed by atoms with Gasteiger partial charge in [-0.05, 0) is 97.1 Å². The largest absolute Gasteiger partial charge is 0.465 e. The van der Waals surface area contributed by atoms with Gasteiger partial charge in [-0.3, -0.25) is 9.59 Å². The summed E-state index contributed by atoms with van der Waals surface area (Å²) in [5.74, 6) is 0.440. The Hall–Kier alpha value is -2.25. The van der Waals surface area contributed by atoms with Gasteiger partial charge in [-0.25, -0.2) is 4.99 Å². The Bertz CT molecular complexity index is 1280. The topological polar surface area (TPSA) is 165 Å². The van der Waals surface area contributed by atoms with Crippen molar-refractivity contribution in [3.8, 4) is 0 Å². The fourth-order valence-corrected chi connectivity index (χ4v) is 10.2. The monoisotopic (exact) mass is 801 g/mol. The van der Waals surface area contributed by atoms with Gasteiger partial charge in [0.25, 0.3) is 0 Å². The van der Waals surface area contributed by atoms with Gasteiger partial charge in [0.2, 0.25) is 5.91 Å². The zero-order chi connectivity index (χ0) is 40.5. The lowest BCUT2D eigenvalue weighted by atomic mass is 9.80. The summed E-state index contributed by atoms with van der Waals surface area (Å²) < 4.78 is 19.6. The number of allylic oxidation sites excluding steroid dienone is 1. The number of hydrogen-bond acceptors (Lipinski definition) is 11. The Morgan fingerprint density at radius 1 is 0.965 bits per heavy atom. The first-order valence-electron chi connectivity index (χ1n) is 23.4. The molecule has 0 aromatic rings. The molecule has 0 aliphatic carbocycles. The number of nitrogens with one attached hydrogen (secondary N) is 1. The standard InChI is InChI=1S/C45H80N6O6/c1-3-38-22-16-17-27-44(57-38)33-36-24-25-39-41(45(28-19-21-35(2)56-45)49-43(48-44)51(36)39)42(54)55-32-18-14-12-10-8-6-4-5-7-9-11-13-15-23-40(53)50(31-20-29-46)34-37(52)26-30-47/h16,22,35-39,41,52H,3-15,17-21,23-34,46-47H2,1-2H3,(H,48,49)/t35-,36+,37?,38+,39+,41+,44+,45-/m1/s1. The molecule has 5 aliphatic rings. The first kappa shape index (κ1) is 45.8. The molecule has 5 aliphatic heterocycles. The summed E-state index contributed by atoms with van der Waals surface area (Å²) in [6, 6.07) is 0.328. The van der Waals surface area contributed by atoms with E-state index in [1.807, 2.05) is 0 Å². The molecule has 12 nitrogen and oxygen atoms in total. The lowest BCUT2D eigenvalue weighted by Gasteiger charge is -2.55. The van der Waals surface area contributed by atoms with Crippen molar-refractivity contribution in [1.82, 2.24) is 15.1 Å². The van der Waals surface area contributed by atoms with Gasteiger partial charge < -0.3 is 45.9 Å². The van der Waals surface area contributed by atoms with Gasteiger partial charge in [0.1, 0.15) is 11.6 Å². The molecule has 8 atom stereocenters. The molecule has 0 saturated carbocycles. The van der Waals surface area contributed by atoms with Gasteiger partial charge in [0, 0.05) is 32.0 Å². The van der Waals surface area contributed by atoms with E-state index in [1.165, 1.54) is 57.8 Å². The zero-order valence-electron chi connectivity index (χ0n) is 35.8. The number of aliphatic imine (C=N–C) groups is 1. The van der Waals surface area contributed by atoms with Gasteiger partial charge in [-0.2, -0.15) is 0 Å². The van der Waals surface area contributed by atoms with Crippen molar-refractivity contribution < 1.29 is 28.9 Å². The van der Waals surface area contributed by atoms with Crippen molar-refractivity contribution in [3.63, 3.8) is 0 Å². The van der Waals surface area contributed by atoms with Crippen LogP contribution in [0.2, 0.25) is 0 Å². The van der Waals surface area contributed by atoms with E-state index in [4.69, 9.17) is 30.7 Å². The highest BCUT2D eigenvalue weighted by Crippen LogP contribution is 2.50. The number of nitrogens with two attached hydrogens (primary N) is 2. The number of carbonyl (C=O) groups excluding carboxylic acids is 2. The van der Waals surface area contributed by atoms with Crippen LogP contribution in [0.1, 0.15) is 174 Å². The van der Waals surface area contributed by atoms with E-state index in [2.05, 4.69) is 36.2 Å².